The number of hydrogen-bond acceptors (Lipinski definition) is 2. The molecule has 1 N–H and O–H groups in total. The van der Waals surface area contributed by atoms with Crippen LogP contribution in [-0.4, -0.2) is 24.2 Å². The third-order valence-corrected chi connectivity index (χ3v) is 2.97. The Hall–Kier alpha value is -1.35. The molecular formula is C12H15NO2. The fraction of sp³-hybridized carbons (Fsp3) is 0.417. The van der Waals surface area contributed by atoms with Crippen molar-refractivity contribution in [2.45, 2.75) is 19.3 Å². The molecule has 0 bridgehead atoms. The van der Waals surface area contributed by atoms with Crippen molar-refractivity contribution in [3.8, 4) is 0 Å². The second-order valence-corrected chi connectivity index (χ2v) is 4.32. The van der Waals surface area contributed by atoms with Gasteiger partial charge in [0.25, 0.3) is 0 Å². The number of anilines is 1. The molecule has 1 aliphatic heterocycles. The molecule has 0 aliphatic carbocycles. The maximum Gasteiger partial charge on any atom is 0.237 e. The zero-order valence-electron chi connectivity index (χ0n) is 9.03. The number of β-amino-alcohol motifs (C(OH)–C–C–N with tert-alkyl or cyclic N) is 1. The summed E-state index contributed by atoms with van der Waals surface area (Å²) in [4.78, 5) is 13.8. The predicted molar refractivity (Wildman–Crippen MR) is 58.9 cm³/mol. The highest BCUT2D eigenvalue weighted by Crippen LogP contribution is 2.40. The first kappa shape index (κ1) is 10.2. The lowest BCUT2D eigenvalue weighted by atomic mass is 9.86. The van der Waals surface area contributed by atoms with Gasteiger partial charge >= 0.3 is 0 Å². The predicted octanol–water partition coefficient (Wildman–Crippen LogP) is 1.30. The summed E-state index contributed by atoms with van der Waals surface area (Å²) in [5.74, 6) is 0.0674. The number of rotatable bonds is 2. The Kier molecular flexibility index (Phi) is 2.27. The highest BCUT2D eigenvalue weighted by molar-refractivity contribution is 6.07. The van der Waals surface area contributed by atoms with Crippen LogP contribution in [0.2, 0.25) is 0 Å². The molecule has 0 saturated heterocycles. The largest absolute Gasteiger partial charge is 0.395 e. The Labute approximate surface area is 89.3 Å². The Morgan fingerprint density at radius 1 is 1.33 bits per heavy atom. The van der Waals surface area contributed by atoms with Gasteiger partial charge in [0.1, 0.15) is 0 Å². The summed E-state index contributed by atoms with van der Waals surface area (Å²) >= 11 is 0. The van der Waals surface area contributed by atoms with Crippen LogP contribution < -0.4 is 4.90 Å². The zero-order valence-corrected chi connectivity index (χ0v) is 9.03. The summed E-state index contributed by atoms with van der Waals surface area (Å²) in [7, 11) is 0. The summed E-state index contributed by atoms with van der Waals surface area (Å²) in [5, 5.41) is 8.95. The Morgan fingerprint density at radius 3 is 2.67 bits per heavy atom. The molecular weight excluding hydrogens is 190 g/mol. The van der Waals surface area contributed by atoms with Crippen molar-refractivity contribution in [3.05, 3.63) is 29.8 Å². The molecule has 1 aromatic carbocycles. The second kappa shape index (κ2) is 3.35. The van der Waals surface area contributed by atoms with Crippen molar-refractivity contribution in [1.29, 1.82) is 0 Å². The minimum Gasteiger partial charge on any atom is -0.395 e. The van der Waals surface area contributed by atoms with Gasteiger partial charge in [-0.15, -0.1) is 0 Å². The monoisotopic (exact) mass is 205 g/mol. The van der Waals surface area contributed by atoms with Gasteiger partial charge in [-0.3, -0.25) is 4.79 Å². The lowest BCUT2D eigenvalue weighted by Crippen LogP contribution is -2.37. The number of hydrogen-bond donors (Lipinski definition) is 1. The topological polar surface area (TPSA) is 40.5 Å². The molecule has 3 heteroatoms. The third kappa shape index (κ3) is 1.35. The number of para-hydroxylation sites is 1. The number of nitrogens with zero attached hydrogens (tertiary/aromatic N) is 1. The van der Waals surface area contributed by atoms with Crippen molar-refractivity contribution in [2.24, 2.45) is 0 Å². The van der Waals surface area contributed by atoms with Crippen LogP contribution in [0.4, 0.5) is 5.69 Å². The molecule has 2 rings (SSSR count). The molecule has 0 radical (unpaired) electrons. The fourth-order valence-electron chi connectivity index (χ4n) is 2.12. The van der Waals surface area contributed by atoms with E-state index in [1.54, 1.807) is 4.90 Å². The lowest BCUT2D eigenvalue weighted by molar-refractivity contribution is -0.122. The Morgan fingerprint density at radius 2 is 2.00 bits per heavy atom. The lowest BCUT2D eigenvalue weighted by Gasteiger charge is -2.19. The average molecular weight is 205 g/mol. The van der Waals surface area contributed by atoms with Crippen molar-refractivity contribution >= 4 is 11.6 Å². The van der Waals surface area contributed by atoms with Gasteiger partial charge in [-0.1, -0.05) is 18.2 Å². The van der Waals surface area contributed by atoms with Crippen LogP contribution in [0.5, 0.6) is 0 Å². The van der Waals surface area contributed by atoms with Crippen molar-refractivity contribution in [3.63, 3.8) is 0 Å². The van der Waals surface area contributed by atoms with E-state index in [1.807, 2.05) is 38.1 Å². The summed E-state index contributed by atoms with van der Waals surface area (Å²) in [6, 6.07) is 7.76. The van der Waals surface area contributed by atoms with Crippen LogP contribution >= 0.6 is 0 Å². The minimum absolute atomic E-state index is 0.00382. The maximum absolute atomic E-state index is 12.1. The van der Waals surface area contributed by atoms with Crippen LogP contribution in [-0.2, 0) is 10.2 Å². The quantitative estimate of drug-likeness (QED) is 0.790. The summed E-state index contributed by atoms with van der Waals surface area (Å²) in [5.41, 5.74) is 1.51. The Bertz CT molecular complexity index is 398. The van der Waals surface area contributed by atoms with E-state index >= 15 is 0 Å². The number of aliphatic hydroxyl groups is 1. The normalized spacial score (nSPS) is 18.1. The van der Waals surface area contributed by atoms with Crippen LogP contribution in [0.3, 0.4) is 0 Å². The first-order chi connectivity index (χ1) is 7.09. The average Bonchev–Trinajstić information content (AvgIpc) is 2.42. The van der Waals surface area contributed by atoms with E-state index in [2.05, 4.69) is 0 Å². The van der Waals surface area contributed by atoms with E-state index in [9.17, 15) is 4.79 Å². The van der Waals surface area contributed by atoms with Crippen molar-refractivity contribution < 1.29 is 9.90 Å². The molecule has 80 valence electrons. The molecule has 3 nitrogen and oxygen atoms in total. The van der Waals surface area contributed by atoms with E-state index in [1.165, 1.54) is 0 Å². The van der Waals surface area contributed by atoms with Gasteiger partial charge in [-0.05, 0) is 25.5 Å². The molecule has 1 aliphatic rings. The van der Waals surface area contributed by atoms with Gasteiger partial charge in [0, 0.05) is 12.2 Å². The molecule has 1 amide bonds. The molecule has 0 unspecified atom stereocenters. The zero-order chi connectivity index (χ0) is 11.1. The highest BCUT2D eigenvalue weighted by Gasteiger charge is 2.42. The third-order valence-electron chi connectivity index (χ3n) is 2.97. The number of aliphatic hydroxyl groups excluding tert-OH is 1. The van der Waals surface area contributed by atoms with Gasteiger partial charge in [0.15, 0.2) is 0 Å². The van der Waals surface area contributed by atoms with Crippen LogP contribution in [0.15, 0.2) is 24.3 Å². The molecule has 0 aromatic heterocycles. The summed E-state index contributed by atoms with van der Waals surface area (Å²) in [6.07, 6.45) is 0. The second-order valence-electron chi connectivity index (χ2n) is 4.32. The first-order valence-corrected chi connectivity index (χ1v) is 5.11. The molecule has 0 spiro atoms. The van der Waals surface area contributed by atoms with Crippen LogP contribution in [0.25, 0.3) is 0 Å². The van der Waals surface area contributed by atoms with Gasteiger partial charge in [0.2, 0.25) is 5.91 Å². The SMILES string of the molecule is CC1(C)C(=O)N(CCO)c2ccccc21. The first-order valence-electron chi connectivity index (χ1n) is 5.11. The molecule has 15 heavy (non-hydrogen) atoms. The van der Waals surface area contributed by atoms with E-state index in [0.29, 0.717) is 6.54 Å². The number of fused-ring (bicyclic) bond motifs is 1. The number of benzene rings is 1. The van der Waals surface area contributed by atoms with Gasteiger partial charge in [-0.2, -0.15) is 0 Å². The fourth-order valence-corrected chi connectivity index (χ4v) is 2.12. The summed E-state index contributed by atoms with van der Waals surface area (Å²) < 4.78 is 0. The van der Waals surface area contributed by atoms with E-state index < -0.39 is 5.41 Å². The van der Waals surface area contributed by atoms with Crippen molar-refractivity contribution in [2.75, 3.05) is 18.1 Å². The van der Waals surface area contributed by atoms with E-state index in [4.69, 9.17) is 5.11 Å². The summed E-state index contributed by atoms with van der Waals surface area (Å²) in [6.45, 7) is 4.21. The van der Waals surface area contributed by atoms with E-state index in [0.717, 1.165) is 11.3 Å². The smallest absolute Gasteiger partial charge is 0.237 e. The standard InChI is InChI=1S/C12H15NO2/c1-12(2)9-5-3-4-6-10(9)13(7-8-14)11(12)15/h3-6,14H,7-8H2,1-2H3. The van der Waals surface area contributed by atoms with Crippen molar-refractivity contribution in [1.82, 2.24) is 0 Å². The highest BCUT2D eigenvalue weighted by atomic mass is 16.3. The van der Waals surface area contributed by atoms with E-state index in [-0.39, 0.29) is 12.5 Å². The maximum atomic E-state index is 12.1. The van der Waals surface area contributed by atoms with Crippen LogP contribution in [0, 0.1) is 0 Å². The van der Waals surface area contributed by atoms with Gasteiger partial charge in [-0.25, -0.2) is 0 Å². The molecule has 1 heterocycles. The van der Waals surface area contributed by atoms with Crippen LogP contribution in [0.1, 0.15) is 19.4 Å². The molecule has 0 fully saturated rings. The Balaban J connectivity index is 2.52. The molecule has 0 atom stereocenters. The number of carbonyl (C=O) groups excluding carboxylic acids is 1. The van der Waals surface area contributed by atoms with Gasteiger partial charge in [0.05, 0.1) is 12.0 Å². The number of amides is 1. The molecule has 0 saturated carbocycles. The van der Waals surface area contributed by atoms with Gasteiger partial charge < -0.3 is 10.0 Å². The number of carbonyl (C=O) groups is 1. The minimum atomic E-state index is -0.467. The molecule has 1 aromatic rings.